The molecule has 0 bridgehead atoms. The fourth-order valence-electron chi connectivity index (χ4n) is 3.87. The number of hydrogen-bond acceptors (Lipinski definition) is 3. The van der Waals surface area contributed by atoms with Crippen LogP contribution in [0.4, 0.5) is 0 Å². The highest BCUT2D eigenvalue weighted by Gasteiger charge is 2.51. The number of aliphatic hydroxyl groups is 1. The first kappa shape index (κ1) is 12.3. The Hall–Kier alpha value is 0.270. The molecule has 1 saturated carbocycles. The molecule has 0 radical (unpaired) electrons. The molecule has 3 atom stereocenters. The predicted octanol–water partition coefficient (Wildman–Crippen LogP) is 2.98. The normalized spacial score (nSPS) is 45.5. The Labute approximate surface area is 108 Å². The van der Waals surface area contributed by atoms with Crippen LogP contribution in [0.3, 0.4) is 0 Å². The van der Waals surface area contributed by atoms with Crippen molar-refractivity contribution in [2.24, 2.45) is 5.92 Å². The molecule has 0 aromatic heterocycles. The van der Waals surface area contributed by atoms with Gasteiger partial charge in [-0.1, -0.05) is 6.92 Å². The summed E-state index contributed by atoms with van der Waals surface area (Å²) in [6, 6.07) is 0. The molecule has 2 nitrogen and oxygen atoms in total. The highest BCUT2D eigenvalue weighted by atomic mass is 32.2. The van der Waals surface area contributed by atoms with E-state index in [0.29, 0.717) is 11.2 Å². The van der Waals surface area contributed by atoms with Crippen LogP contribution >= 0.6 is 11.8 Å². The predicted molar refractivity (Wildman–Crippen MR) is 71.4 cm³/mol. The van der Waals surface area contributed by atoms with Crippen molar-refractivity contribution < 1.29 is 9.84 Å². The van der Waals surface area contributed by atoms with E-state index in [1.54, 1.807) is 0 Å². The number of hydrogen-bond donors (Lipinski definition) is 1. The van der Waals surface area contributed by atoms with Crippen LogP contribution in [0.2, 0.25) is 0 Å². The summed E-state index contributed by atoms with van der Waals surface area (Å²) in [5, 5.41) is 11.4. The van der Waals surface area contributed by atoms with Crippen molar-refractivity contribution in [3.63, 3.8) is 0 Å². The Morgan fingerprint density at radius 1 is 1.24 bits per heavy atom. The molecule has 0 aromatic rings. The minimum absolute atomic E-state index is 0.167. The summed E-state index contributed by atoms with van der Waals surface area (Å²) in [6.45, 7) is 3.08. The van der Waals surface area contributed by atoms with E-state index in [4.69, 9.17) is 4.74 Å². The number of thioether (sulfide) groups is 1. The Morgan fingerprint density at radius 2 is 2.06 bits per heavy atom. The van der Waals surface area contributed by atoms with Gasteiger partial charge in [0.05, 0.1) is 11.2 Å². The lowest BCUT2D eigenvalue weighted by atomic mass is 9.66. The van der Waals surface area contributed by atoms with Crippen LogP contribution in [0.5, 0.6) is 0 Å². The summed E-state index contributed by atoms with van der Waals surface area (Å²) in [5.41, 5.74) is -0.254. The summed E-state index contributed by atoms with van der Waals surface area (Å²) < 4.78 is 5.98. The molecule has 0 aromatic carbocycles. The Bertz CT molecular complexity index is 290. The quantitative estimate of drug-likeness (QED) is 0.782. The fraction of sp³-hybridized carbons (Fsp3) is 1.00. The van der Waals surface area contributed by atoms with E-state index in [-0.39, 0.29) is 5.60 Å². The third kappa shape index (κ3) is 2.04. The van der Waals surface area contributed by atoms with Gasteiger partial charge in [0, 0.05) is 11.9 Å². The minimum Gasteiger partial charge on any atom is -0.388 e. The van der Waals surface area contributed by atoms with E-state index in [2.05, 4.69) is 6.92 Å². The van der Waals surface area contributed by atoms with Gasteiger partial charge in [-0.15, -0.1) is 0 Å². The maximum atomic E-state index is 11.0. The van der Waals surface area contributed by atoms with Gasteiger partial charge in [0.15, 0.2) is 0 Å². The Morgan fingerprint density at radius 3 is 2.71 bits per heavy atom. The molecule has 3 fully saturated rings. The van der Waals surface area contributed by atoms with E-state index in [0.717, 1.165) is 25.9 Å². The van der Waals surface area contributed by atoms with Gasteiger partial charge in [-0.25, -0.2) is 0 Å². The van der Waals surface area contributed by atoms with Crippen molar-refractivity contribution in [3.8, 4) is 0 Å². The number of rotatable bonds is 1. The maximum absolute atomic E-state index is 11.0. The molecule has 3 aliphatic rings. The highest BCUT2D eigenvalue weighted by Crippen LogP contribution is 2.50. The van der Waals surface area contributed by atoms with Crippen molar-refractivity contribution in [1.82, 2.24) is 0 Å². The SMILES string of the molecule is CC1SCCCC1(O)C1CCOC2(CCC2)C1. The summed E-state index contributed by atoms with van der Waals surface area (Å²) >= 11 is 1.95. The first-order chi connectivity index (χ1) is 8.15. The van der Waals surface area contributed by atoms with Gasteiger partial charge in [0.25, 0.3) is 0 Å². The van der Waals surface area contributed by atoms with Crippen LogP contribution in [0, 0.1) is 5.92 Å². The first-order valence-electron chi connectivity index (χ1n) is 7.13. The van der Waals surface area contributed by atoms with Crippen LogP contribution in [-0.4, -0.2) is 33.9 Å². The van der Waals surface area contributed by atoms with Crippen molar-refractivity contribution in [3.05, 3.63) is 0 Å². The third-order valence-corrected chi connectivity index (χ3v) is 6.69. The molecule has 1 N–H and O–H groups in total. The molecule has 3 heteroatoms. The van der Waals surface area contributed by atoms with E-state index >= 15 is 0 Å². The average molecular weight is 256 g/mol. The molecule has 0 amide bonds. The highest BCUT2D eigenvalue weighted by molar-refractivity contribution is 8.00. The van der Waals surface area contributed by atoms with Gasteiger partial charge in [0.2, 0.25) is 0 Å². The molecular weight excluding hydrogens is 232 g/mol. The molecular formula is C14H24O2S. The zero-order valence-corrected chi connectivity index (χ0v) is 11.6. The van der Waals surface area contributed by atoms with Gasteiger partial charge < -0.3 is 9.84 Å². The zero-order valence-electron chi connectivity index (χ0n) is 10.8. The van der Waals surface area contributed by atoms with Crippen LogP contribution in [-0.2, 0) is 4.74 Å². The van der Waals surface area contributed by atoms with Gasteiger partial charge >= 0.3 is 0 Å². The molecule has 1 spiro atoms. The fourth-order valence-corrected chi connectivity index (χ4v) is 5.14. The lowest BCUT2D eigenvalue weighted by molar-refractivity contribution is -0.176. The molecule has 98 valence electrons. The zero-order chi connectivity index (χ0) is 11.9. The van der Waals surface area contributed by atoms with Crippen molar-refractivity contribution in [2.75, 3.05) is 12.4 Å². The number of ether oxygens (including phenoxy) is 1. The van der Waals surface area contributed by atoms with Crippen molar-refractivity contribution >= 4 is 11.8 Å². The standard InChI is InChI=1S/C14H24O2S/c1-11-14(15,7-3-9-17-11)12-4-8-16-13(10-12)5-2-6-13/h11-12,15H,2-10H2,1H3. The largest absolute Gasteiger partial charge is 0.388 e. The molecule has 1 aliphatic carbocycles. The average Bonchev–Trinajstić information content (AvgIpc) is 2.31. The Kier molecular flexibility index (Phi) is 3.21. The molecule has 3 rings (SSSR count). The van der Waals surface area contributed by atoms with E-state index in [1.807, 2.05) is 11.8 Å². The van der Waals surface area contributed by atoms with E-state index in [1.165, 1.54) is 31.4 Å². The molecule has 2 heterocycles. The van der Waals surface area contributed by atoms with Crippen molar-refractivity contribution in [1.29, 1.82) is 0 Å². The van der Waals surface area contributed by atoms with Crippen LogP contribution in [0.1, 0.15) is 51.9 Å². The van der Waals surface area contributed by atoms with Crippen LogP contribution in [0.25, 0.3) is 0 Å². The second kappa shape index (κ2) is 4.43. The van der Waals surface area contributed by atoms with Gasteiger partial charge in [-0.05, 0) is 56.6 Å². The second-order valence-corrected chi connectivity index (χ2v) is 7.63. The topological polar surface area (TPSA) is 29.5 Å². The van der Waals surface area contributed by atoms with Crippen LogP contribution < -0.4 is 0 Å². The summed E-state index contributed by atoms with van der Waals surface area (Å²) in [6.07, 6.45) is 8.10. The maximum Gasteiger partial charge on any atom is 0.0793 e. The van der Waals surface area contributed by atoms with Gasteiger partial charge in [0.1, 0.15) is 0 Å². The summed E-state index contributed by atoms with van der Waals surface area (Å²) in [7, 11) is 0. The summed E-state index contributed by atoms with van der Waals surface area (Å²) in [5.74, 6) is 1.69. The van der Waals surface area contributed by atoms with Gasteiger partial charge in [-0.3, -0.25) is 0 Å². The summed E-state index contributed by atoms with van der Waals surface area (Å²) in [4.78, 5) is 0. The molecule has 17 heavy (non-hydrogen) atoms. The van der Waals surface area contributed by atoms with E-state index < -0.39 is 5.60 Å². The second-order valence-electron chi connectivity index (χ2n) is 6.18. The molecule has 3 unspecified atom stereocenters. The van der Waals surface area contributed by atoms with E-state index in [9.17, 15) is 5.11 Å². The minimum atomic E-state index is -0.421. The van der Waals surface area contributed by atoms with Crippen molar-refractivity contribution in [2.45, 2.75) is 68.3 Å². The first-order valence-corrected chi connectivity index (χ1v) is 8.17. The third-order valence-electron chi connectivity index (χ3n) is 5.26. The lowest BCUT2D eigenvalue weighted by Crippen LogP contribution is -2.55. The lowest BCUT2D eigenvalue weighted by Gasteiger charge is -2.53. The molecule has 2 aliphatic heterocycles. The Balaban J connectivity index is 1.73. The monoisotopic (exact) mass is 256 g/mol. The van der Waals surface area contributed by atoms with Gasteiger partial charge in [-0.2, -0.15) is 11.8 Å². The smallest absolute Gasteiger partial charge is 0.0793 e. The van der Waals surface area contributed by atoms with Crippen LogP contribution in [0.15, 0.2) is 0 Å². The molecule has 2 saturated heterocycles.